The van der Waals surface area contributed by atoms with Gasteiger partial charge in [-0.2, -0.15) is 11.8 Å². The highest BCUT2D eigenvalue weighted by Crippen LogP contribution is 2.11. The smallest absolute Gasteiger partial charge is 0.326 e. The lowest BCUT2D eigenvalue weighted by molar-refractivity contribution is -0.142. The van der Waals surface area contributed by atoms with E-state index in [0.29, 0.717) is 0 Å². The van der Waals surface area contributed by atoms with Gasteiger partial charge in [0.2, 0.25) is 17.7 Å². The van der Waals surface area contributed by atoms with E-state index in [0.717, 1.165) is 11.8 Å². The Morgan fingerprint density at radius 3 is 1.78 bits per heavy atom. The van der Waals surface area contributed by atoms with Crippen molar-refractivity contribution < 1.29 is 43.8 Å². The van der Waals surface area contributed by atoms with Crippen molar-refractivity contribution >= 4 is 53.0 Å². The Kier molecular flexibility index (Phi) is 13.6. The molecule has 0 saturated carbocycles. The van der Waals surface area contributed by atoms with Crippen molar-refractivity contribution in [3.05, 3.63) is 0 Å². The second kappa shape index (κ2) is 14.9. The summed E-state index contributed by atoms with van der Waals surface area (Å²) >= 11 is 0.998. The van der Waals surface area contributed by atoms with Crippen molar-refractivity contribution in [3.8, 4) is 0 Å². The first-order chi connectivity index (χ1) is 14.9. The number of ketones is 2. The summed E-state index contributed by atoms with van der Waals surface area (Å²) in [5.41, 5.74) is 0. The van der Waals surface area contributed by atoms with Gasteiger partial charge in [-0.25, -0.2) is 4.79 Å². The minimum Gasteiger partial charge on any atom is -0.481 e. The highest BCUT2D eigenvalue weighted by Gasteiger charge is 2.27. The molecule has 0 aliphatic rings. The van der Waals surface area contributed by atoms with Crippen LogP contribution in [0.25, 0.3) is 0 Å². The number of rotatable bonds is 16. The largest absolute Gasteiger partial charge is 0.481 e. The molecule has 32 heavy (non-hydrogen) atoms. The van der Waals surface area contributed by atoms with Crippen LogP contribution in [-0.4, -0.2) is 81.6 Å². The molecule has 0 saturated heterocycles. The van der Waals surface area contributed by atoms with E-state index in [9.17, 15) is 38.7 Å². The van der Waals surface area contributed by atoms with Gasteiger partial charge in [-0.1, -0.05) is 0 Å². The number of amides is 3. The van der Waals surface area contributed by atoms with Gasteiger partial charge in [0.25, 0.3) is 0 Å². The zero-order chi connectivity index (χ0) is 24.8. The molecular weight excluding hydrogens is 446 g/mol. The SMILES string of the molecule is CSC(CC(=O)O)C(=O)NCC(=O)N[C@@H](CCC(C)=O)C(=O)N[C@@H](CCC(C)=O)C(=O)O. The summed E-state index contributed by atoms with van der Waals surface area (Å²) in [6, 6.07) is -2.61. The van der Waals surface area contributed by atoms with Crippen molar-refractivity contribution in [1.82, 2.24) is 16.0 Å². The van der Waals surface area contributed by atoms with E-state index < -0.39 is 60.0 Å². The topological polar surface area (TPSA) is 196 Å². The van der Waals surface area contributed by atoms with Crippen LogP contribution in [0.1, 0.15) is 46.0 Å². The van der Waals surface area contributed by atoms with Crippen LogP contribution in [0, 0.1) is 0 Å². The van der Waals surface area contributed by atoms with Gasteiger partial charge in [0.1, 0.15) is 23.7 Å². The summed E-state index contributed by atoms with van der Waals surface area (Å²) in [5.74, 6) is -5.35. The first kappa shape index (κ1) is 29.0. The molecule has 0 aliphatic carbocycles. The van der Waals surface area contributed by atoms with Crippen molar-refractivity contribution in [1.29, 1.82) is 0 Å². The Morgan fingerprint density at radius 1 is 0.812 bits per heavy atom. The fraction of sp³-hybridized carbons (Fsp3) is 0.632. The minimum atomic E-state index is -1.36. The molecule has 3 atom stereocenters. The van der Waals surface area contributed by atoms with Crippen molar-refractivity contribution in [2.45, 2.75) is 63.3 Å². The summed E-state index contributed by atoms with van der Waals surface area (Å²) in [6.07, 6.45) is 0.727. The van der Waals surface area contributed by atoms with Gasteiger partial charge in [0.05, 0.1) is 18.2 Å². The second-order valence-corrected chi connectivity index (χ2v) is 8.08. The molecule has 0 fully saturated rings. The fourth-order valence-electron chi connectivity index (χ4n) is 2.46. The molecule has 1 unspecified atom stereocenters. The van der Waals surface area contributed by atoms with E-state index >= 15 is 0 Å². The lowest BCUT2D eigenvalue weighted by atomic mass is 10.1. The Labute approximate surface area is 189 Å². The molecule has 5 N–H and O–H groups in total. The van der Waals surface area contributed by atoms with E-state index in [1.54, 1.807) is 6.26 Å². The molecule has 0 spiro atoms. The molecule has 0 aromatic rings. The molecular formula is C19H29N3O9S. The zero-order valence-electron chi connectivity index (χ0n) is 18.1. The third-order valence-corrected chi connectivity index (χ3v) is 5.15. The maximum absolute atomic E-state index is 12.5. The molecule has 3 amide bonds. The molecule has 0 radical (unpaired) electrons. The Balaban J connectivity index is 5.07. The van der Waals surface area contributed by atoms with Gasteiger partial charge in [-0.3, -0.25) is 19.2 Å². The monoisotopic (exact) mass is 475 g/mol. The summed E-state index contributed by atoms with van der Waals surface area (Å²) in [4.78, 5) is 81.2. The number of Topliss-reactive ketones (excluding diaryl/α,β-unsaturated/α-hetero) is 2. The number of carboxylic acid groups (broad SMARTS) is 2. The van der Waals surface area contributed by atoms with Gasteiger partial charge in [-0.05, 0) is 32.9 Å². The molecule has 0 rings (SSSR count). The highest BCUT2D eigenvalue weighted by atomic mass is 32.2. The fourth-order valence-corrected chi connectivity index (χ4v) is 3.07. The first-order valence-electron chi connectivity index (χ1n) is 9.71. The molecule has 0 aliphatic heterocycles. The average Bonchev–Trinajstić information content (AvgIpc) is 2.69. The van der Waals surface area contributed by atoms with Crippen LogP contribution in [0.15, 0.2) is 0 Å². The molecule has 0 aromatic carbocycles. The van der Waals surface area contributed by atoms with Crippen molar-refractivity contribution in [3.63, 3.8) is 0 Å². The summed E-state index contributed by atoms with van der Waals surface area (Å²) in [5, 5.41) is 24.0. The molecule has 0 heterocycles. The number of hydrogen-bond acceptors (Lipinski definition) is 8. The highest BCUT2D eigenvalue weighted by molar-refractivity contribution is 7.99. The summed E-state index contributed by atoms with van der Waals surface area (Å²) in [7, 11) is 0. The van der Waals surface area contributed by atoms with Crippen LogP contribution in [0.5, 0.6) is 0 Å². The van der Waals surface area contributed by atoms with Crippen LogP contribution in [0.2, 0.25) is 0 Å². The Bertz CT molecular complexity index is 742. The van der Waals surface area contributed by atoms with Gasteiger partial charge >= 0.3 is 11.9 Å². The summed E-state index contributed by atoms with van der Waals surface area (Å²) in [6.45, 7) is 2.02. The number of nitrogens with one attached hydrogen (secondary N) is 3. The van der Waals surface area contributed by atoms with E-state index in [-0.39, 0.29) is 37.2 Å². The molecule has 13 heteroatoms. The van der Waals surface area contributed by atoms with Crippen LogP contribution >= 0.6 is 11.8 Å². The molecule has 0 aromatic heterocycles. The third-order valence-electron chi connectivity index (χ3n) is 4.20. The van der Waals surface area contributed by atoms with E-state index in [2.05, 4.69) is 16.0 Å². The van der Waals surface area contributed by atoms with E-state index in [1.807, 2.05) is 0 Å². The first-order valence-corrected chi connectivity index (χ1v) is 11.0. The number of aliphatic carboxylic acids is 2. The summed E-state index contributed by atoms with van der Waals surface area (Å²) < 4.78 is 0. The third kappa shape index (κ3) is 12.7. The van der Waals surface area contributed by atoms with Gasteiger partial charge in [-0.15, -0.1) is 0 Å². The van der Waals surface area contributed by atoms with Crippen molar-refractivity contribution in [2.24, 2.45) is 0 Å². The normalized spacial score (nSPS) is 13.2. The predicted octanol–water partition coefficient (Wildman–Crippen LogP) is -0.898. The maximum Gasteiger partial charge on any atom is 0.326 e. The minimum absolute atomic E-state index is 0.0664. The number of hydrogen-bond donors (Lipinski definition) is 5. The van der Waals surface area contributed by atoms with E-state index in [4.69, 9.17) is 5.11 Å². The predicted molar refractivity (Wildman–Crippen MR) is 114 cm³/mol. The van der Waals surface area contributed by atoms with Crippen LogP contribution in [0.3, 0.4) is 0 Å². The lowest BCUT2D eigenvalue weighted by Gasteiger charge is -2.21. The molecule has 180 valence electrons. The number of carbonyl (C=O) groups is 7. The Hall–Kier alpha value is -2.96. The number of thioether (sulfide) groups is 1. The molecule has 0 bridgehead atoms. The number of carbonyl (C=O) groups excluding carboxylic acids is 5. The van der Waals surface area contributed by atoms with Gasteiger partial charge < -0.3 is 35.8 Å². The Morgan fingerprint density at radius 2 is 1.34 bits per heavy atom. The standard InChI is InChI=1S/C19H29N3O9S/c1-10(23)4-6-12(17(28)22-13(19(30)31)7-5-11(2)24)21-15(25)9-20-18(29)14(32-3)8-16(26)27/h12-14H,4-9H2,1-3H3,(H,20,29)(H,21,25)(H,22,28)(H,26,27)(H,30,31)/t12-,13-,14?/m0/s1. The second-order valence-electron chi connectivity index (χ2n) is 7.04. The van der Waals surface area contributed by atoms with Crippen molar-refractivity contribution in [2.75, 3.05) is 12.8 Å². The average molecular weight is 476 g/mol. The zero-order valence-corrected chi connectivity index (χ0v) is 19.0. The lowest BCUT2D eigenvalue weighted by Crippen LogP contribution is -2.53. The quantitative estimate of drug-likeness (QED) is 0.187. The molecule has 12 nitrogen and oxygen atoms in total. The van der Waals surface area contributed by atoms with Crippen LogP contribution in [-0.2, 0) is 33.6 Å². The number of carboxylic acids is 2. The maximum atomic E-state index is 12.5. The van der Waals surface area contributed by atoms with Crippen LogP contribution in [0.4, 0.5) is 0 Å². The van der Waals surface area contributed by atoms with Gasteiger partial charge in [0, 0.05) is 12.8 Å². The van der Waals surface area contributed by atoms with E-state index in [1.165, 1.54) is 13.8 Å². The van der Waals surface area contributed by atoms with Gasteiger partial charge in [0.15, 0.2) is 0 Å². The van der Waals surface area contributed by atoms with Crippen LogP contribution < -0.4 is 16.0 Å².